The van der Waals surface area contributed by atoms with E-state index in [1.165, 1.54) is 0 Å². The van der Waals surface area contributed by atoms with Gasteiger partial charge >= 0.3 is 5.76 Å². The Morgan fingerprint density at radius 2 is 2.23 bits per heavy atom. The Labute approximate surface area is 74.1 Å². The van der Waals surface area contributed by atoms with Crippen molar-refractivity contribution < 1.29 is 9.15 Å². The summed E-state index contributed by atoms with van der Waals surface area (Å²) in [5, 5.41) is 6.14. The molecule has 2 bridgehead atoms. The van der Waals surface area contributed by atoms with Gasteiger partial charge in [-0.3, -0.25) is 0 Å². The number of aromatic amines is 1. The van der Waals surface area contributed by atoms with E-state index in [9.17, 15) is 4.79 Å². The van der Waals surface area contributed by atoms with E-state index in [0.29, 0.717) is 5.89 Å². The van der Waals surface area contributed by atoms with Crippen LogP contribution in [0.2, 0.25) is 0 Å². The largest absolute Gasteiger partial charge is 0.434 e. The Morgan fingerprint density at radius 1 is 1.54 bits per heavy atom. The van der Waals surface area contributed by atoms with E-state index in [1.807, 2.05) is 0 Å². The molecule has 4 rings (SSSR count). The van der Waals surface area contributed by atoms with Crippen LogP contribution in [-0.4, -0.2) is 22.9 Å². The monoisotopic (exact) mass is 182 g/mol. The van der Waals surface area contributed by atoms with Gasteiger partial charge in [0.2, 0.25) is 5.89 Å². The van der Waals surface area contributed by atoms with Crippen molar-refractivity contribution in [2.24, 2.45) is 0 Å². The standard InChI is InChI=1S/C8H10N2O3/c1-12-8-2-7(3-8,4-8)5-9-10-6(11)13-5/h2-4H2,1H3,(H,10,11). The Bertz CT molecular complexity index is 386. The number of aromatic nitrogens is 2. The van der Waals surface area contributed by atoms with Gasteiger partial charge in [0, 0.05) is 7.11 Å². The Kier molecular flexibility index (Phi) is 1.05. The predicted octanol–water partition coefficient (Wildman–Crippen LogP) is 0.183. The average molecular weight is 182 g/mol. The quantitative estimate of drug-likeness (QED) is 0.708. The SMILES string of the molecule is COC12CC(c3n[nH]c(=O)o3)(C1)C2. The van der Waals surface area contributed by atoms with Gasteiger partial charge in [-0.1, -0.05) is 0 Å². The molecule has 0 atom stereocenters. The molecule has 3 fully saturated rings. The van der Waals surface area contributed by atoms with Gasteiger partial charge in [0.15, 0.2) is 0 Å². The van der Waals surface area contributed by atoms with Crippen molar-refractivity contribution in [3.05, 3.63) is 16.4 Å². The van der Waals surface area contributed by atoms with Crippen molar-refractivity contribution in [1.29, 1.82) is 0 Å². The molecule has 1 N–H and O–H groups in total. The van der Waals surface area contributed by atoms with Crippen molar-refractivity contribution in [2.45, 2.75) is 30.3 Å². The minimum Gasteiger partial charge on any atom is -0.392 e. The average Bonchev–Trinajstić information content (AvgIpc) is 2.31. The third-order valence-corrected chi connectivity index (χ3v) is 3.31. The number of hydrogen-bond acceptors (Lipinski definition) is 4. The second-order valence-electron chi connectivity index (χ2n) is 4.12. The maximum absolute atomic E-state index is 10.7. The highest BCUT2D eigenvalue weighted by Crippen LogP contribution is 2.68. The zero-order valence-corrected chi connectivity index (χ0v) is 7.29. The van der Waals surface area contributed by atoms with Crippen LogP contribution in [0.15, 0.2) is 9.21 Å². The van der Waals surface area contributed by atoms with E-state index >= 15 is 0 Å². The lowest BCUT2D eigenvalue weighted by molar-refractivity contribution is -0.239. The zero-order chi connectivity index (χ0) is 9.10. The number of rotatable bonds is 2. The van der Waals surface area contributed by atoms with Gasteiger partial charge in [0.25, 0.3) is 0 Å². The van der Waals surface area contributed by atoms with Crippen molar-refractivity contribution >= 4 is 0 Å². The van der Waals surface area contributed by atoms with E-state index < -0.39 is 5.76 Å². The summed E-state index contributed by atoms with van der Waals surface area (Å²) in [5.74, 6) is 0.0858. The molecule has 1 aromatic rings. The van der Waals surface area contributed by atoms with Crippen LogP contribution in [0.25, 0.3) is 0 Å². The third-order valence-electron chi connectivity index (χ3n) is 3.31. The lowest BCUT2D eigenvalue weighted by Crippen LogP contribution is -2.70. The smallest absolute Gasteiger partial charge is 0.392 e. The number of nitrogens with one attached hydrogen (secondary N) is 1. The highest BCUT2D eigenvalue weighted by molar-refractivity contribution is 5.31. The molecule has 3 saturated carbocycles. The summed E-state index contributed by atoms with van der Waals surface area (Å²) in [6.45, 7) is 0. The number of nitrogens with zero attached hydrogens (tertiary/aromatic N) is 1. The molecule has 1 aromatic heterocycles. The molecule has 0 spiro atoms. The molecular formula is C8H10N2O3. The van der Waals surface area contributed by atoms with Crippen LogP contribution in [0, 0.1) is 0 Å². The van der Waals surface area contributed by atoms with Gasteiger partial charge in [0.05, 0.1) is 11.0 Å². The minimum atomic E-state index is -0.466. The van der Waals surface area contributed by atoms with Crippen molar-refractivity contribution in [3.63, 3.8) is 0 Å². The molecule has 0 aliphatic heterocycles. The molecule has 3 aliphatic carbocycles. The first kappa shape index (κ1) is 7.32. The molecule has 5 heteroatoms. The normalized spacial score (nSPS) is 41.0. The molecule has 0 unspecified atom stereocenters. The number of ether oxygens (including phenoxy) is 1. The van der Waals surface area contributed by atoms with E-state index in [0.717, 1.165) is 19.3 Å². The van der Waals surface area contributed by atoms with Crippen LogP contribution in [-0.2, 0) is 10.2 Å². The third kappa shape index (κ3) is 0.709. The Morgan fingerprint density at radius 3 is 2.69 bits per heavy atom. The number of methoxy groups -OCH3 is 1. The van der Waals surface area contributed by atoms with Crippen LogP contribution in [0.5, 0.6) is 0 Å². The fraction of sp³-hybridized carbons (Fsp3) is 0.750. The van der Waals surface area contributed by atoms with E-state index in [4.69, 9.17) is 9.15 Å². The first-order chi connectivity index (χ1) is 6.18. The minimum absolute atomic E-state index is 0.00910. The molecular weight excluding hydrogens is 172 g/mol. The van der Waals surface area contributed by atoms with Crippen LogP contribution >= 0.6 is 0 Å². The van der Waals surface area contributed by atoms with Crippen molar-refractivity contribution in [1.82, 2.24) is 10.2 Å². The first-order valence-electron chi connectivity index (χ1n) is 4.29. The van der Waals surface area contributed by atoms with Gasteiger partial charge in [-0.15, -0.1) is 5.10 Å². The van der Waals surface area contributed by atoms with Crippen molar-refractivity contribution in [3.8, 4) is 0 Å². The summed E-state index contributed by atoms with van der Waals surface area (Å²) in [7, 11) is 1.73. The molecule has 70 valence electrons. The molecule has 0 aromatic carbocycles. The maximum atomic E-state index is 10.7. The first-order valence-corrected chi connectivity index (χ1v) is 4.29. The molecule has 3 aliphatic rings. The second kappa shape index (κ2) is 1.87. The summed E-state index contributed by atoms with van der Waals surface area (Å²) < 4.78 is 10.3. The summed E-state index contributed by atoms with van der Waals surface area (Å²) in [5.41, 5.74) is 0.0761. The molecule has 0 radical (unpaired) electrons. The van der Waals surface area contributed by atoms with Crippen LogP contribution in [0.3, 0.4) is 0 Å². The molecule has 0 amide bonds. The topological polar surface area (TPSA) is 68.1 Å². The van der Waals surface area contributed by atoms with Gasteiger partial charge < -0.3 is 9.15 Å². The number of H-pyrrole nitrogens is 1. The fourth-order valence-corrected chi connectivity index (χ4v) is 2.59. The predicted molar refractivity (Wildman–Crippen MR) is 42.4 cm³/mol. The molecule has 1 heterocycles. The van der Waals surface area contributed by atoms with Gasteiger partial charge in [-0.05, 0) is 19.3 Å². The van der Waals surface area contributed by atoms with Crippen LogP contribution < -0.4 is 5.76 Å². The highest BCUT2D eigenvalue weighted by atomic mass is 16.5. The van der Waals surface area contributed by atoms with E-state index in [1.54, 1.807) is 7.11 Å². The summed E-state index contributed by atoms with van der Waals surface area (Å²) in [4.78, 5) is 10.7. The zero-order valence-electron chi connectivity index (χ0n) is 7.29. The molecule has 0 saturated heterocycles. The fourth-order valence-electron chi connectivity index (χ4n) is 2.59. The van der Waals surface area contributed by atoms with Gasteiger partial charge in [-0.2, -0.15) is 0 Å². The maximum Gasteiger partial charge on any atom is 0.434 e. The lowest BCUT2D eigenvalue weighted by Gasteiger charge is -2.67. The number of hydrogen-bond donors (Lipinski definition) is 1. The summed E-state index contributed by atoms with van der Waals surface area (Å²) >= 11 is 0. The second-order valence-corrected chi connectivity index (χ2v) is 4.12. The summed E-state index contributed by atoms with van der Waals surface area (Å²) in [6, 6.07) is 0. The molecule has 5 nitrogen and oxygen atoms in total. The summed E-state index contributed by atoms with van der Waals surface area (Å²) in [6.07, 6.45) is 2.80. The Balaban J connectivity index is 1.88. The van der Waals surface area contributed by atoms with Crippen molar-refractivity contribution in [2.75, 3.05) is 7.11 Å². The van der Waals surface area contributed by atoms with E-state index in [2.05, 4.69) is 10.2 Å². The molecule has 13 heavy (non-hydrogen) atoms. The Hall–Kier alpha value is -1.10. The van der Waals surface area contributed by atoms with Gasteiger partial charge in [0.1, 0.15) is 0 Å². The lowest BCUT2D eigenvalue weighted by atomic mass is 9.41. The van der Waals surface area contributed by atoms with Crippen LogP contribution in [0.1, 0.15) is 25.2 Å². The van der Waals surface area contributed by atoms with Gasteiger partial charge in [-0.25, -0.2) is 9.89 Å². The van der Waals surface area contributed by atoms with E-state index in [-0.39, 0.29) is 11.0 Å². The van der Waals surface area contributed by atoms with Crippen LogP contribution in [0.4, 0.5) is 0 Å². The highest BCUT2D eigenvalue weighted by Gasteiger charge is 2.71.